The molecule has 0 radical (unpaired) electrons. The van der Waals surface area contributed by atoms with Crippen LogP contribution in [0.1, 0.15) is 24.8 Å². The molecule has 0 bridgehead atoms. The third-order valence-corrected chi connectivity index (χ3v) is 4.89. The monoisotopic (exact) mass is 306 g/mol. The van der Waals surface area contributed by atoms with E-state index in [1.807, 2.05) is 0 Å². The van der Waals surface area contributed by atoms with Gasteiger partial charge in [-0.05, 0) is 30.5 Å². The van der Waals surface area contributed by atoms with Crippen molar-refractivity contribution in [3.05, 3.63) is 28.5 Å². The molecule has 1 aliphatic carbocycles. The van der Waals surface area contributed by atoms with Crippen molar-refractivity contribution >= 4 is 27.4 Å². The van der Waals surface area contributed by atoms with Crippen LogP contribution in [-0.4, -0.2) is 25.7 Å². The maximum absolute atomic E-state index is 13.9. The van der Waals surface area contributed by atoms with Gasteiger partial charge in [-0.2, -0.15) is 0 Å². The van der Waals surface area contributed by atoms with Gasteiger partial charge in [0.1, 0.15) is 10.7 Å². The first-order valence-electron chi connectivity index (χ1n) is 5.57. The maximum atomic E-state index is 13.9. The zero-order valence-electron chi connectivity index (χ0n) is 10.1. The van der Waals surface area contributed by atoms with Crippen LogP contribution in [0, 0.1) is 5.82 Å². The number of carboxylic acids is 1. The van der Waals surface area contributed by atoms with Crippen molar-refractivity contribution in [3.8, 4) is 0 Å². The van der Waals surface area contributed by atoms with Crippen LogP contribution in [0.4, 0.5) is 4.39 Å². The normalized spacial score (nSPS) is 17.2. The SMILES string of the molecule is CS(=O)(=O)c1c(F)cc(C2(CC(=O)O)CC2)cc1Cl. The molecular formula is C12H12ClFO4S. The molecule has 19 heavy (non-hydrogen) atoms. The minimum absolute atomic E-state index is 0.110. The average Bonchev–Trinajstić information content (AvgIpc) is 2.94. The van der Waals surface area contributed by atoms with Gasteiger partial charge in [-0.15, -0.1) is 0 Å². The second-order valence-corrected chi connectivity index (χ2v) is 7.25. The largest absolute Gasteiger partial charge is 0.481 e. The lowest BCUT2D eigenvalue weighted by atomic mass is 9.92. The van der Waals surface area contributed by atoms with E-state index >= 15 is 0 Å². The number of hydrogen-bond donors (Lipinski definition) is 1. The molecule has 0 amide bonds. The fraction of sp³-hybridized carbons (Fsp3) is 0.417. The summed E-state index contributed by atoms with van der Waals surface area (Å²) in [5.74, 6) is -1.90. The maximum Gasteiger partial charge on any atom is 0.304 e. The second-order valence-electron chi connectivity index (χ2n) is 4.89. The van der Waals surface area contributed by atoms with Crippen molar-refractivity contribution < 1.29 is 22.7 Å². The van der Waals surface area contributed by atoms with E-state index in [2.05, 4.69) is 0 Å². The molecule has 0 aliphatic heterocycles. The zero-order chi connectivity index (χ0) is 14.4. The van der Waals surface area contributed by atoms with Gasteiger partial charge in [0.25, 0.3) is 0 Å². The van der Waals surface area contributed by atoms with Gasteiger partial charge in [0.05, 0.1) is 11.4 Å². The summed E-state index contributed by atoms with van der Waals surface area (Å²) >= 11 is 5.82. The van der Waals surface area contributed by atoms with Crippen molar-refractivity contribution in [2.24, 2.45) is 0 Å². The molecule has 1 fully saturated rings. The number of hydrogen-bond acceptors (Lipinski definition) is 3. The molecule has 104 valence electrons. The van der Waals surface area contributed by atoms with E-state index < -0.39 is 31.9 Å². The predicted octanol–water partition coefficient (Wildman–Crippen LogP) is 2.39. The van der Waals surface area contributed by atoms with E-state index in [0.717, 1.165) is 12.3 Å². The van der Waals surface area contributed by atoms with Crippen LogP contribution in [0.3, 0.4) is 0 Å². The van der Waals surface area contributed by atoms with Crippen molar-refractivity contribution in [3.63, 3.8) is 0 Å². The lowest BCUT2D eigenvalue weighted by Crippen LogP contribution is -2.14. The third-order valence-electron chi connectivity index (χ3n) is 3.32. The standard InChI is InChI=1S/C12H12ClFO4S/c1-19(17,18)11-8(13)4-7(5-9(11)14)12(2-3-12)6-10(15)16/h4-5H,2-3,6H2,1H3,(H,15,16). The number of sulfone groups is 1. The quantitative estimate of drug-likeness (QED) is 0.927. The van der Waals surface area contributed by atoms with Crippen molar-refractivity contribution in [1.82, 2.24) is 0 Å². The Morgan fingerprint density at radius 1 is 1.47 bits per heavy atom. The van der Waals surface area contributed by atoms with E-state index in [4.69, 9.17) is 16.7 Å². The Kier molecular flexibility index (Phi) is 3.35. The number of carboxylic acid groups (broad SMARTS) is 1. The molecule has 1 aromatic rings. The Morgan fingerprint density at radius 2 is 2.05 bits per heavy atom. The summed E-state index contributed by atoms with van der Waals surface area (Å²) in [6, 6.07) is 2.44. The number of halogens is 2. The summed E-state index contributed by atoms with van der Waals surface area (Å²) in [7, 11) is -3.75. The number of benzene rings is 1. The lowest BCUT2D eigenvalue weighted by molar-refractivity contribution is -0.137. The summed E-state index contributed by atoms with van der Waals surface area (Å²) in [6.07, 6.45) is 2.03. The Bertz CT molecular complexity index is 627. The molecule has 1 aliphatic rings. The van der Waals surface area contributed by atoms with E-state index in [1.165, 1.54) is 6.07 Å². The lowest BCUT2D eigenvalue weighted by Gasteiger charge is -2.15. The molecular weight excluding hydrogens is 295 g/mol. The van der Waals surface area contributed by atoms with Gasteiger partial charge in [-0.25, -0.2) is 12.8 Å². The van der Waals surface area contributed by atoms with Crippen LogP contribution < -0.4 is 0 Å². The molecule has 0 saturated heterocycles. The molecule has 1 saturated carbocycles. The fourth-order valence-corrected chi connectivity index (χ4v) is 3.68. The van der Waals surface area contributed by atoms with Crippen molar-refractivity contribution in [1.29, 1.82) is 0 Å². The summed E-state index contributed by atoms with van der Waals surface area (Å²) in [5, 5.41) is 8.65. The molecule has 7 heteroatoms. The Balaban J connectivity index is 2.50. The van der Waals surface area contributed by atoms with Gasteiger partial charge < -0.3 is 5.11 Å². The van der Waals surface area contributed by atoms with Crippen LogP contribution in [0.5, 0.6) is 0 Å². The number of carbonyl (C=O) groups is 1. The summed E-state index contributed by atoms with van der Waals surface area (Å²) in [6.45, 7) is 0. The van der Waals surface area contributed by atoms with Crippen LogP contribution in [0.25, 0.3) is 0 Å². The van der Waals surface area contributed by atoms with Gasteiger partial charge >= 0.3 is 5.97 Å². The molecule has 4 nitrogen and oxygen atoms in total. The minimum Gasteiger partial charge on any atom is -0.481 e. The van der Waals surface area contributed by atoms with E-state index in [1.54, 1.807) is 0 Å². The molecule has 1 aromatic carbocycles. The van der Waals surface area contributed by atoms with Gasteiger partial charge in [0, 0.05) is 11.7 Å². The fourth-order valence-electron chi connectivity index (χ4n) is 2.23. The summed E-state index contributed by atoms with van der Waals surface area (Å²) < 4.78 is 36.7. The van der Waals surface area contributed by atoms with Crippen molar-refractivity contribution in [2.75, 3.05) is 6.26 Å². The number of aliphatic carboxylic acids is 1. The molecule has 1 N–H and O–H groups in total. The zero-order valence-corrected chi connectivity index (χ0v) is 11.7. The van der Waals surface area contributed by atoms with Crippen LogP contribution in [0.15, 0.2) is 17.0 Å². The minimum atomic E-state index is -3.75. The Hall–Kier alpha value is -1.14. The van der Waals surface area contributed by atoms with Gasteiger partial charge in [0.2, 0.25) is 0 Å². The van der Waals surface area contributed by atoms with Gasteiger partial charge in [-0.3, -0.25) is 4.79 Å². The first-order chi connectivity index (χ1) is 8.66. The Morgan fingerprint density at radius 3 is 2.42 bits per heavy atom. The highest BCUT2D eigenvalue weighted by atomic mass is 35.5. The first-order valence-corrected chi connectivity index (χ1v) is 7.84. The summed E-state index contributed by atoms with van der Waals surface area (Å²) in [4.78, 5) is 10.3. The summed E-state index contributed by atoms with van der Waals surface area (Å²) in [5.41, 5.74) is -0.156. The smallest absolute Gasteiger partial charge is 0.304 e. The van der Waals surface area contributed by atoms with Crippen LogP contribution in [-0.2, 0) is 20.0 Å². The number of rotatable bonds is 4. The highest BCUT2D eigenvalue weighted by Gasteiger charge is 2.46. The van der Waals surface area contributed by atoms with Crippen LogP contribution in [0.2, 0.25) is 5.02 Å². The second kappa shape index (κ2) is 4.45. The van der Waals surface area contributed by atoms with Gasteiger partial charge in [-0.1, -0.05) is 11.6 Å². The average molecular weight is 307 g/mol. The predicted molar refractivity (Wildman–Crippen MR) is 67.7 cm³/mol. The van der Waals surface area contributed by atoms with E-state index in [0.29, 0.717) is 18.4 Å². The highest BCUT2D eigenvalue weighted by molar-refractivity contribution is 7.90. The van der Waals surface area contributed by atoms with Crippen molar-refractivity contribution in [2.45, 2.75) is 29.6 Å². The third kappa shape index (κ3) is 2.74. The molecule has 0 heterocycles. The molecule has 0 aromatic heterocycles. The topological polar surface area (TPSA) is 71.4 Å². The van der Waals surface area contributed by atoms with Crippen LogP contribution >= 0.6 is 11.6 Å². The van der Waals surface area contributed by atoms with E-state index in [9.17, 15) is 17.6 Å². The first kappa shape index (κ1) is 14.3. The molecule has 0 spiro atoms. The van der Waals surface area contributed by atoms with E-state index in [-0.39, 0.29) is 11.4 Å². The molecule has 2 rings (SSSR count). The molecule has 0 atom stereocenters. The highest BCUT2D eigenvalue weighted by Crippen LogP contribution is 2.52. The Labute approximate surface area is 115 Å². The van der Waals surface area contributed by atoms with Gasteiger partial charge in [0.15, 0.2) is 9.84 Å². The molecule has 0 unspecified atom stereocenters.